The van der Waals surface area contributed by atoms with Crippen LogP contribution in [0.4, 0.5) is 0 Å². The van der Waals surface area contributed by atoms with E-state index in [1.807, 2.05) is 13.0 Å². The van der Waals surface area contributed by atoms with Crippen LogP contribution in [-0.2, 0) is 0 Å². The van der Waals surface area contributed by atoms with E-state index in [0.29, 0.717) is 21.7 Å². The van der Waals surface area contributed by atoms with Crippen molar-refractivity contribution in [1.29, 1.82) is 0 Å². The van der Waals surface area contributed by atoms with E-state index in [4.69, 9.17) is 11.6 Å². The summed E-state index contributed by atoms with van der Waals surface area (Å²) in [6.45, 7) is 1.82. The van der Waals surface area contributed by atoms with Gasteiger partial charge in [0.05, 0.1) is 14.9 Å². The molecule has 5 nitrogen and oxygen atoms in total. The molecular weight excluding hydrogens is 296 g/mol. The number of amides is 1. The van der Waals surface area contributed by atoms with Crippen LogP contribution in [0, 0.1) is 0 Å². The molecule has 20 heavy (non-hydrogen) atoms. The highest BCUT2D eigenvalue weighted by Crippen LogP contribution is 2.38. The molecule has 1 aliphatic carbocycles. The van der Waals surface area contributed by atoms with Gasteiger partial charge in [-0.2, -0.15) is 10.2 Å². The van der Waals surface area contributed by atoms with Gasteiger partial charge in [0.1, 0.15) is 0 Å². The topological polar surface area (TPSA) is 70.1 Å². The van der Waals surface area contributed by atoms with Gasteiger partial charge in [0.25, 0.3) is 5.91 Å². The van der Waals surface area contributed by atoms with Gasteiger partial charge < -0.3 is 0 Å². The van der Waals surface area contributed by atoms with E-state index in [-0.39, 0.29) is 5.91 Å². The Bertz CT molecular complexity index is 671. The standard InChI is InChI=1S/C13H13ClN4OS/c1-7(11-4-5-12(14)20-11)15-18-13(19)10-6-9(16-17-10)8-2-3-8/h4-6,8H,2-3H2,1H3,(H,16,17)(H,18,19)/b15-7+. The average Bonchev–Trinajstić information content (AvgIpc) is 3.00. The Labute approximate surface area is 125 Å². The maximum absolute atomic E-state index is 11.9. The first-order chi connectivity index (χ1) is 9.63. The molecule has 2 aromatic heterocycles. The van der Waals surface area contributed by atoms with Gasteiger partial charge in [-0.1, -0.05) is 11.6 Å². The lowest BCUT2D eigenvalue weighted by molar-refractivity contribution is 0.0950. The van der Waals surface area contributed by atoms with Gasteiger partial charge in [-0.15, -0.1) is 11.3 Å². The van der Waals surface area contributed by atoms with Crippen LogP contribution in [0.3, 0.4) is 0 Å². The molecule has 0 saturated heterocycles. The SMILES string of the molecule is C/C(=N\NC(=O)c1cc(C2CC2)[nH]n1)c1ccc(Cl)s1. The van der Waals surface area contributed by atoms with Crippen molar-refractivity contribution in [3.63, 3.8) is 0 Å². The largest absolute Gasteiger partial charge is 0.291 e. The summed E-state index contributed by atoms with van der Waals surface area (Å²) in [4.78, 5) is 12.8. The molecule has 0 aliphatic heterocycles. The molecule has 1 aliphatic rings. The zero-order chi connectivity index (χ0) is 14.1. The number of carbonyl (C=O) groups excluding carboxylic acids is 1. The maximum Gasteiger partial charge on any atom is 0.291 e. The third-order valence-corrected chi connectivity index (χ3v) is 4.44. The van der Waals surface area contributed by atoms with E-state index < -0.39 is 0 Å². The lowest BCUT2D eigenvalue weighted by Crippen LogP contribution is -2.19. The van der Waals surface area contributed by atoms with Gasteiger partial charge in [-0.25, -0.2) is 5.43 Å². The van der Waals surface area contributed by atoms with Crippen molar-refractivity contribution >= 4 is 34.6 Å². The van der Waals surface area contributed by atoms with Crippen LogP contribution in [0.5, 0.6) is 0 Å². The molecule has 7 heteroatoms. The molecule has 0 bridgehead atoms. The molecule has 1 amide bonds. The van der Waals surface area contributed by atoms with Crippen LogP contribution in [0.2, 0.25) is 4.34 Å². The summed E-state index contributed by atoms with van der Waals surface area (Å²) >= 11 is 7.28. The first kappa shape index (κ1) is 13.3. The summed E-state index contributed by atoms with van der Waals surface area (Å²) in [6.07, 6.45) is 2.33. The van der Waals surface area contributed by atoms with Crippen molar-refractivity contribution in [2.75, 3.05) is 0 Å². The van der Waals surface area contributed by atoms with E-state index >= 15 is 0 Å². The predicted molar refractivity (Wildman–Crippen MR) is 79.6 cm³/mol. The van der Waals surface area contributed by atoms with Crippen LogP contribution in [0.25, 0.3) is 0 Å². The number of nitrogens with one attached hydrogen (secondary N) is 2. The number of hydrogen-bond donors (Lipinski definition) is 2. The fraction of sp³-hybridized carbons (Fsp3) is 0.308. The van der Waals surface area contributed by atoms with E-state index in [1.54, 1.807) is 12.1 Å². The minimum Gasteiger partial charge on any atom is -0.281 e. The molecule has 0 unspecified atom stereocenters. The molecule has 1 saturated carbocycles. The van der Waals surface area contributed by atoms with Gasteiger partial charge >= 0.3 is 0 Å². The molecule has 0 spiro atoms. The molecule has 0 radical (unpaired) electrons. The van der Waals surface area contributed by atoms with Crippen molar-refractivity contribution < 1.29 is 4.79 Å². The predicted octanol–water partition coefficient (Wildman–Crippen LogP) is 3.16. The number of aromatic amines is 1. The van der Waals surface area contributed by atoms with Crippen molar-refractivity contribution in [2.45, 2.75) is 25.7 Å². The molecular formula is C13H13ClN4OS. The third kappa shape index (κ3) is 2.91. The zero-order valence-electron chi connectivity index (χ0n) is 10.8. The van der Waals surface area contributed by atoms with Gasteiger partial charge in [0, 0.05) is 11.6 Å². The highest BCUT2D eigenvalue weighted by molar-refractivity contribution is 7.18. The van der Waals surface area contributed by atoms with Crippen LogP contribution >= 0.6 is 22.9 Å². The van der Waals surface area contributed by atoms with Crippen molar-refractivity contribution in [2.24, 2.45) is 5.10 Å². The number of thiophene rings is 1. The fourth-order valence-corrected chi connectivity index (χ4v) is 2.80. The Morgan fingerprint density at radius 1 is 1.55 bits per heavy atom. The summed E-state index contributed by atoms with van der Waals surface area (Å²) in [5, 5.41) is 11.0. The highest BCUT2D eigenvalue weighted by atomic mass is 35.5. The maximum atomic E-state index is 11.9. The number of H-pyrrole nitrogens is 1. The van der Waals surface area contributed by atoms with Crippen molar-refractivity contribution in [3.05, 3.63) is 38.8 Å². The van der Waals surface area contributed by atoms with Crippen molar-refractivity contribution in [3.8, 4) is 0 Å². The molecule has 3 rings (SSSR count). The Balaban J connectivity index is 1.65. The van der Waals surface area contributed by atoms with Crippen LogP contribution in [0.15, 0.2) is 23.3 Å². The Morgan fingerprint density at radius 3 is 3.00 bits per heavy atom. The zero-order valence-corrected chi connectivity index (χ0v) is 12.4. The summed E-state index contributed by atoms with van der Waals surface area (Å²) in [6, 6.07) is 5.47. The van der Waals surface area contributed by atoms with E-state index in [2.05, 4.69) is 20.7 Å². The van der Waals surface area contributed by atoms with E-state index in [1.165, 1.54) is 24.2 Å². The number of hydrogen-bond acceptors (Lipinski definition) is 4. The number of hydrazone groups is 1. The first-order valence-corrected chi connectivity index (χ1v) is 7.48. The molecule has 1 fully saturated rings. The number of halogens is 1. The monoisotopic (exact) mass is 308 g/mol. The van der Waals surface area contributed by atoms with Gasteiger partial charge in [-0.3, -0.25) is 9.89 Å². The highest BCUT2D eigenvalue weighted by Gasteiger charge is 2.26. The van der Waals surface area contributed by atoms with Crippen LogP contribution in [-0.4, -0.2) is 21.8 Å². The average molecular weight is 309 g/mol. The second-order valence-corrected chi connectivity index (χ2v) is 6.44. The second kappa shape index (κ2) is 5.38. The second-order valence-electron chi connectivity index (χ2n) is 4.72. The summed E-state index contributed by atoms with van der Waals surface area (Å²) < 4.78 is 0.697. The van der Waals surface area contributed by atoms with Crippen LogP contribution < -0.4 is 5.43 Å². The Morgan fingerprint density at radius 2 is 2.35 bits per heavy atom. The first-order valence-electron chi connectivity index (χ1n) is 6.29. The quantitative estimate of drug-likeness (QED) is 0.673. The van der Waals surface area contributed by atoms with Gasteiger partial charge in [-0.05, 0) is 38.0 Å². The Kier molecular flexibility index (Phi) is 3.58. The molecule has 0 atom stereocenters. The molecule has 104 valence electrons. The Hall–Kier alpha value is -1.66. The van der Waals surface area contributed by atoms with Crippen molar-refractivity contribution in [1.82, 2.24) is 15.6 Å². The third-order valence-electron chi connectivity index (χ3n) is 3.10. The lowest BCUT2D eigenvalue weighted by Gasteiger charge is -1.98. The fourth-order valence-electron chi connectivity index (χ4n) is 1.81. The van der Waals surface area contributed by atoms with Crippen LogP contribution in [0.1, 0.15) is 46.7 Å². The number of aromatic nitrogens is 2. The number of nitrogens with zero attached hydrogens (tertiary/aromatic N) is 2. The normalized spacial score (nSPS) is 15.4. The molecule has 2 aromatic rings. The number of rotatable bonds is 4. The molecule has 2 N–H and O–H groups in total. The summed E-state index contributed by atoms with van der Waals surface area (Å²) in [5.74, 6) is 0.234. The minimum atomic E-state index is -0.310. The van der Waals surface area contributed by atoms with E-state index in [9.17, 15) is 4.79 Å². The van der Waals surface area contributed by atoms with Gasteiger partial charge in [0.15, 0.2) is 5.69 Å². The smallest absolute Gasteiger partial charge is 0.281 e. The molecule has 2 heterocycles. The van der Waals surface area contributed by atoms with E-state index in [0.717, 1.165) is 10.6 Å². The summed E-state index contributed by atoms with van der Waals surface area (Å²) in [7, 11) is 0. The summed E-state index contributed by atoms with van der Waals surface area (Å²) in [5.41, 5.74) is 4.62. The van der Waals surface area contributed by atoms with Gasteiger partial charge in [0.2, 0.25) is 0 Å². The lowest BCUT2D eigenvalue weighted by atomic mass is 10.2. The minimum absolute atomic E-state index is 0.310. The molecule has 0 aromatic carbocycles. The number of carbonyl (C=O) groups is 1.